The number of anilines is 1. The van der Waals surface area contributed by atoms with E-state index in [4.69, 9.17) is 9.47 Å². The molecule has 0 spiro atoms. The monoisotopic (exact) mass is 260 g/mol. The van der Waals surface area contributed by atoms with E-state index in [0.29, 0.717) is 12.3 Å². The maximum atomic E-state index is 12.3. The van der Waals surface area contributed by atoms with Gasteiger partial charge in [-0.2, -0.15) is 0 Å². The van der Waals surface area contributed by atoms with E-state index in [0.717, 1.165) is 36.7 Å². The van der Waals surface area contributed by atoms with Crippen LogP contribution in [0.15, 0.2) is 18.2 Å². The molecule has 3 heterocycles. The first-order valence-electron chi connectivity index (χ1n) is 6.75. The highest BCUT2D eigenvalue weighted by Gasteiger charge is 2.41. The second-order valence-corrected chi connectivity index (χ2v) is 5.33. The Hall–Kier alpha value is -1.75. The molecule has 0 saturated carbocycles. The molecule has 3 aliphatic heterocycles. The summed E-state index contributed by atoms with van der Waals surface area (Å²) in [6, 6.07) is 6.02. The lowest BCUT2D eigenvalue weighted by atomic mass is 9.93. The Kier molecular flexibility index (Phi) is 2.41. The molecule has 1 amide bonds. The SMILES string of the molecule is O=C1CC2CCNCC2N1c1ccc2c(c1)OCO2. The van der Waals surface area contributed by atoms with Gasteiger partial charge in [0.05, 0.1) is 6.04 Å². The van der Waals surface area contributed by atoms with Crippen LogP contribution in [0.4, 0.5) is 5.69 Å². The predicted octanol–water partition coefficient (Wildman–Crippen LogP) is 1.13. The summed E-state index contributed by atoms with van der Waals surface area (Å²) in [5.41, 5.74) is 0.922. The molecule has 3 aliphatic rings. The van der Waals surface area contributed by atoms with Crippen molar-refractivity contribution in [1.29, 1.82) is 0 Å². The van der Waals surface area contributed by atoms with Gasteiger partial charge in [0.25, 0.3) is 0 Å². The zero-order chi connectivity index (χ0) is 12.8. The largest absolute Gasteiger partial charge is 0.454 e. The maximum Gasteiger partial charge on any atom is 0.231 e. The lowest BCUT2D eigenvalue weighted by Crippen LogP contribution is -2.46. The highest BCUT2D eigenvalue weighted by Crippen LogP contribution is 2.39. The standard InChI is InChI=1S/C14H16N2O3/c17-14-5-9-3-4-15-7-11(9)16(14)10-1-2-12-13(6-10)19-8-18-12/h1-2,6,9,11,15H,3-5,7-8H2. The molecule has 1 N–H and O–H groups in total. The molecule has 100 valence electrons. The van der Waals surface area contributed by atoms with Crippen molar-refractivity contribution in [3.8, 4) is 11.5 Å². The van der Waals surface area contributed by atoms with E-state index in [-0.39, 0.29) is 18.7 Å². The fraction of sp³-hybridized carbons (Fsp3) is 0.500. The molecular formula is C14H16N2O3. The van der Waals surface area contributed by atoms with Crippen LogP contribution in [-0.2, 0) is 4.79 Å². The van der Waals surface area contributed by atoms with Gasteiger partial charge in [-0.15, -0.1) is 0 Å². The van der Waals surface area contributed by atoms with Crippen LogP contribution in [0.5, 0.6) is 11.5 Å². The molecule has 1 aromatic carbocycles. The third kappa shape index (κ3) is 1.69. The van der Waals surface area contributed by atoms with Crippen LogP contribution >= 0.6 is 0 Å². The number of fused-ring (bicyclic) bond motifs is 2. The molecule has 5 nitrogen and oxygen atoms in total. The smallest absolute Gasteiger partial charge is 0.231 e. The summed E-state index contributed by atoms with van der Waals surface area (Å²) in [5.74, 6) is 2.20. The van der Waals surface area contributed by atoms with Gasteiger partial charge < -0.3 is 19.7 Å². The number of benzene rings is 1. The minimum Gasteiger partial charge on any atom is -0.454 e. The van der Waals surface area contributed by atoms with Crippen LogP contribution in [0.25, 0.3) is 0 Å². The lowest BCUT2D eigenvalue weighted by Gasteiger charge is -2.32. The average Bonchev–Trinajstić information content (AvgIpc) is 3.00. The first-order valence-corrected chi connectivity index (χ1v) is 6.75. The van der Waals surface area contributed by atoms with Crippen molar-refractivity contribution in [2.45, 2.75) is 18.9 Å². The quantitative estimate of drug-likeness (QED) is 0.822. The molecule has 19 heavy (non-hydrogen) atoms. The van der Waals surface area contributed by atoms with Gasteiger partial charge in [0.1, 0.15) is 0 Å². The van der Waals surface area contributed by atoms with Gasteiger partial charge in [0.2, 0.25) is 12.7 Å². The summed E-state index contributed by atoms with van der Waals surface area (Å²) in [6.45, 7) is 2.16. The number of nitrogens with one attached hydrogen (secondary N) is 1. The molecule has 1 aromatic rings. The summed E-state index contributed by atoms with van der Waals surface area (Å²) in [7, 11) is 0. The van der Waals surface area contributed by atoms with Crippen molar-refractivity contribution in [3.63, 3.8) is 0 Å². The molecule has 0 aliphatic carbocycles. The zero-order valence-electron chi connectivity index (χ0n) is 10.6. The summed E-state index contributed by atoms with van der Waals surface area (Å²) < 4.78 is 10.7. The van der Waals surface area contributed by atoms with Gasteiger partial charge in [-0.25, -0.2) is 0 Å². The number of nitrogens with zero attached hydrogens (tertiary/aromatic N) is 1. The van der Waals surface area contributed by atoms with E-state index in [9.17, 15) is 4.79 Å². The molecule has 2 fully saturated rings. The van der Waals surface area contributed by atoms with Gasteiger partial charge in [-0.05, 0) is 31.0 Å². The highest BCUT2D eigenvalue weighted by molar-refractivity contribution is 5.97. The van der Waals surface area contributed by atoms with E-state index in [1.807, 2.05) is 23.1 Å². The number of piperidine rings is 1. The minimum absolute atomic E-state index is 0.220. The Morgan fingerprint density at radius 3 is 3.11 bits per heavy atom. The van der Waals surface area contributed by atoms with Crippen molar-refractivity contribution in [2.24, 2.45) is 5.92 Å². The summed E-state index contributed by atoms with van der Waals surface area (Å²) >= 11 is 0. The number of carbonyl (C=O) groups is 1. The number of ether oxygens (including phenoxy) is 2. The number of hydrogen-bond acceptors (Lipinski definition) is 4. The van der Waals surface area contributed by atoms with E-state index in [1.165, 1.54) is 0 Å². The van der Waals surface area contributed by atoms with Crippen LogP contribution < -0.4 is 19.7 Å². The van der Waals surface area contributed by atoms with Crippen molar-refractivity contribution >= 4 is 11.6 Å². The van der Waals surface area contributed by atoms with Crippen molar-refractivity contribution < 1.29 is 14.3 Å². The van der Waals surface area contributed by atoms with Crippen LogP contribution in [-0.4, -0.2) is 31.8 Å². The van der Waals surface area contributed by atoms with E-state index in [2.05, 4.69) is 5.32 Å². The molecule has 0 aromatic heterocycles. The second kappa shape index (κ2) is 4.13. The van der Waals surface area contributed by atoms with Crippen LogP contribution in [0, 0.1) is 5.92 Å². The summed E-state index contributed by atoms with van der Waals surface area (Å²) in [4.78, 5) is 14.2. The molecule has 5 heteroatoms. The van der Waals surface area contributed by atoms with Crippen molar-refractivity contribution in [1.82, 2.24) is 5.32 Å². The minimum atomic E-state index is 0.220. The first-order chi connectivity index (χ1) is 9.33. The molecule has 4 rings (SSSR count). The van der Waals surface area contributed by atoms with E-state index >= 15 is 0 Å². The Balaban J connectivity index is 1.69. The summed E-state index contributed by atoms with van der Waals surface area (Å²) in [5, 5.41) is 3.38. The van der Waals surface area contributed by atoms with Crippen molar-refractivity contribution in [3.05, 3.63) is 18.2 Å². The Bertz CT molecular complexity index is 531. The number of amides is 1. The van der Waals surface area contributed by atoms with Crippen LogP contribution in [0.1, 0.15) is 12.8 Å². The number of carbonyl (C=O) groups excluding carboxylic acids is 1. The number of hydrogen-bond donors (Lipinski definition) is 1. The van der Waals surface area contributed by atoms with E-state index in [1.54, 1.807) is 0 Å². The molecular weight excluding hydrogens is 244 g/mol. The summed E-state index contributed by atoms with van der Waals surface area (Å²) in [6.07, 6.45) is 1.75. The van der Waals surface area contributed by atoms with Crippen LogP contribution in [0.3, 0.4) is 0 Å². The Morgan fingerprint density at radius 2 is 2.16 bits per heavy atom. The normalized spacial score (nSPS) is 28.6. The van der Waals surface area contributed by atoms with Gasteiger partial charge >= 0.3 is 0 Å². The Morgan fingerprint density at radius 1 is 1.26 bits per heavy atom. The maximum absolute atomic E-state index is 12.3. The molecule has 0 bridgehead atoms. The van der Waals surface area contributed by atoms with Gasteiger partial charge in [0.15, 0.2) is 11.5 Å². The van der Waals surface area contributed by atoms with Gasteiger partial charge in [0, 0.05) is 24.7 Å². The highest BCUT2D eigenvalue weighted by atomic mass is 16.7. The molecule has 2 atom stereocenters. The topological polar surface area (TPSA) is 50.8 Å². The third-order valence-electron chi connectivity index (χ3n) is 4.26. The second-order valence-electron chi connectivity index (χ2n) is 5.33. The number of rotatable bonds is 1. The zero-order valence-corrected chi connectivity index (χ0v) is 10.6. The molecule has 2 unspecified atom stereocenters. The molecule has 0 radical (unpaired) electrons. The third-order valence-corrected chi connectivity index (χ3v) is 4.26. The Labute approximate surface area is 111 Å². The van der Waals surface area contributed by atoms with Crippen molar-refractivity contribution in [2.75, 3.05) is 24.8 Å². The average molecular weight is 260 g/mol. The predicted molar refractivity (Wildman–Crippen MR) is 69.4 cm³/mol. The first kappa shape index (κ1) is 11.1. The van der Waals surface area contributed by atoms with E-state index < -0.39 is 0 Å². The fourth-order valence-electron chi connectivity index (χ4n) is 3.31. The molecule has 2 saturated heterocycles. The van der Waals surface area contributed by atoms with Gasteiger partial charge in [-0.1, -0.05) is 0 Å². The fourth-order valence-corrected chi connectivity index (χ4v) is 3.31. The lowest BCUT2D eigenvalue weighted by molar-refractivity contribution is -0.117. The van der Waals surface area contributed by atoms with Gasteiger partial charge in [-0.3, -0.25) is 4.79 Å². The van der Waals surface area contributed by atoms with Crippen LogP contribution in [0.2, 0.25) is 0 Å².